The average Bonchev–Trinajstić information content (AvgIpc) is 2.62. The lowest BCUT2D eigenvalue weighted by Gasteiger charge is -2.02. The largest absolute Gasteiger partial charge is 0.339 e. The summed E-state index contributed by atoms with van der Waals surface area (Å²) in [5.74, 6) is 0. The zero-order valence-electron chi connectivity index (χ0n) is 10.2. The molecule has 0 radical (unpaired) electrons. The summed E-state index contributed by atoms with van der Waals surface area (Å²) in [5.41, 5.74) is 3.65. The SMILES string of the molecule is C=CC[n+]1c(C)csc1Nc1cccc(C)c1. The van der Waals surface area contributed by atoms with Crippen molar-refractivity contribution in [2.24, 2.45) is 0 Å². The van der Waals surface area contributed by atoms with E-state index < -0.39 is 0 Å². The number of aryl methyl sites for hydroxylation is 2. The molecule has 0 saturated carbocycles. The summed E-state index contributed by atoms with van der Waals surface area (Å²) in [5, 5.41) is 6.75. The van der Waals surface area contributed by atoms with Crippen LogP contribution in [0.15, 0.2) is 42.3 Å². The van der Waals surface area contributed by atoms with E-state index in [1.165, 1.54) is 11.3 Å². The second kappa shape index (κ2) is 5.15. The molecule has 1 aromatic carbocycles. The Bertz CT molecular complexity index is 529. The maximum Gasteiger partial charge on any atom is 0.339 e. The zero-order valence-corrected chi connectivity index (χ0v) is 11.1. The van der Waals surface area contributed by atoms with Gasteiger partial charge in [0.2, 0.25) is 0 Å². The van der Waals surface area contributed by atoms with Crippen LogP contribution in [0.1, 0.15) is 11.3 Å². The van der Waals surface area contributed by atoms with Gasteiger partial charge in [0, 0.05) is 5.38 Å². The van der Waals surface area contributed by atoms with Crippen LogP contribution >= 0.6 is 11.3 Å². The molecule has 0 aliphatic carbocycles. The maximum atomic E-state index is 3.79. The fourth-order valence-electron chi connectivity index (χ4n) is 1.73. The van der Waals surface area contributed by atoms with Crippen LogP contribution in [0.5, 0.6) is 0 Å². The van der Waals surface area contributed by atoms with E-state index in [1.54, 1.807) is 11.3 Å². The van der Waals surface area contributed by atoms with Gasteiger partial charge in [-0.25, -0.2) is 9.88 Å². The fourth-order valence-corrected chi connectivity index (χ4v) is 2.66. The minimum absolute atomic E-state index is 0.837. The van der Waals surface area contributed by atoms with Gasteiger partial charge in [0.05, 0.1) is 0 Å². The van der Waals surface area contributed by atoms with E-state index >= 15 is 0 Å². The highest BCUT2D eigenvalue weighted by atomic mass is 32.1. The topological polar surface area (TPSA) is 15.9 Å². The summed E-state index contributed by atoms with van der Waals surface area (Å²) in [4.78, 5) is 0. The van der Waals surface area contributed by atoms with Crippen LogP contribution < -0.4 is 9.88 Å². The molecule has 0 bridgehead atoms. The normalized spacial score (nSPS) is 10.2. The van der Waals surface area contributed by atoms with Crippen LogP contribution in [-0.2, 0) is 6.54 Å². The van der Waals surface area contributed by atoms with Crippen LogP contribution in [0.4, 0.5) is 10.8 Å². The van der Waals surface area contributed by atoms with Crippen molar-refractivity contribution in [3.63, 3.8) is 0 Å². The number of hydrogen-bond acceptors (Lipinski definition) is 2. The minimum Gasteiger partial charge on any atom is -0.231 e. The molecule has 0 saturated heterocycles. The Labute approximate surface area is 106 Å². The van der Waals surface area contributed by atoms with Crippen LogP contribution in [-0.4, -0.2) is 0 Å². The van der Waals surface area contributed by atoms with Gasteiger partial charge in [-0.1, -0.05) is 36.1 Å². The second-order valence-electron chi connectivity index (χ2n) is 4.08. The van der Waals surface area contributed by atoms with Gasteiger partial charge in [-0.05, 0) is 31.5 Å². The van der Waals surface area contributed by atoms with E-state index in [0.717, 1.165) is 17.4 Å². The van der Waals surface area contributed by atoms with Crippen molar-refractivity contribution in [2.45, 2.75) is 20.4 Å². The lowest BCUT2D eigenvalue weighted by molar-refractivity contribution is -0.674. The van der Waals surface area contributed by atoms with E-state index in [1.807, 2.05) is 6.08 Å². The zero-order chi connectivity index (χ0) is 12.3. The molecule has 0 spiro atoms. The third kappa shape index (κ3) is 2.74. The Morgan fingerprint density at radius 1 is 1.41 bits per heavy atom. The third-order valence-electron chi connectivity index (χ3n) is 2.59. The molecule has 0 aliphatic rings. The molecule has 3 heteroatoms. The molecule has 2 rings (SSSR count). The van der Waals surface area contributed by atoms with Crippen molar-refractivity contribution in [1.29, 1.82) is 0 Å². The number of benzene rings is 1. The molecular weight excluding hydrogens is 228 g/mol. The predicted molar refractivity (Wildman–Crippen MR) is 73.9 cm³/mol. The molecule has 1 N–H and O–H groups in total. The maximum absolute atomic E-state index is 3.79. The number of rotatable bonds is 4. The second-order valence-corrected chi connectivity index (χ2v) is 4.93. The monoisotopic (exact) mass is 245 g/mol. The van der Waals surface area contributed by atoms with Crippen molar-refractivity contribution in [3.8, 4) is 0 Å². The molecule has 0 amide bonds. The molecule has 0 aliphatic heterocycles. The van der Waals surface area contributed by atoms with Gasteiger partial charge >= 0.3 is 5.13 Å². The van der Waals surface area contributed by atoms with Gasteiger partial charge in [-0.3, -0.25) is 0 Å². The Morgan fingerprint density at radius 2 is 2.24 bits per heavy atom. The van der Waals surface area contributed by atoms with E-state index in [-0.39, 0.29) is 0 Å². The fraction of sp³-hybridized carbons (Fsp3) is 0.214. The van der Waals surface area contributed by atoms with Gasteiger partial charge < -0.3 is 0 Å². The molecule has 17 heavy (non-hydrogen) atoms. The molecule has 0 fully saturated rings. The molecule has 2 aromatic rings. The Kier molecular flexibility index (Phi) is 3.59. The first kappa shape index (κ1) is 11.9. The lowest BCUT2D eigenvalue weighted by Crippen LogP contribution is -2.35. The first-order valence-corrected chi connectivity index (χ1v) is 6.51. The van der Waals surface area contributed by atoms with Crippen molar-refractivity contribution >= 4 is 22.2 Å². The summed E-state index contributed by atoms with van der Waals surface area (Å²) in [6.45, 7) is 8.84. The molecule has 88 valence electrons. The Morgan fingerprint density at radius 3 is 2.94 bits per heavy atom. The van der Waals surface area contributed by atoms with Crippen molar-refractivity contribution in [1.82, 2.24) is 0 Å². The van der Waals surface area contributed by atoms with E-state index in [4.69, 9.17) is 0 Å². The number of thiazole rings is 1. The number of anilines is 2. The number of allylic oxidation sites excluding steroid dienone is 1. The number of nitrogens with one attached hydrogen (secondary N) is 1. The highest BCUT2D eigenvalue weighted by molar-refractivity contribution is 7.13. The predicted octanol–water partition coefficient (Wildman–Crippen LogP) is 3.58. The molecule has 1 aromatic heterocycles. The smallest absolute Gasteiger partial charge is 0.231 e. The standard InChI is InChI=1S/C14H16N2S/c1-4-8-16-12(3)10-17-14(16)15-13-7-5-6-11(2)9-13/h4-7,9-10H,1,8H2,2-3H3/p+1. The highest BCUT2D eigenvalue weighted by Gasteiger charge is 2.14. The van der Waals surface area contributed by atoms with E-state index in [9.17, 15) is 0 Å². The lowest BCUT2D eigenvalue weighted by atomic mass is 10.2. The number of nitrogens with zero attached hydrogens (tertiary/aromatic N) is 1. The number of aromatic nitrogens is 1. The molecule has 2 nitrogen and oxygen atoms in total. The Balaban J connectivity index is 2.26. The summed E-state index contributed by atoms with van der Waals surface area (Å²) >= 11 is 1.72. The van der Waals surface area contributed by atoms with Gasteiger partial charge in [0.1, 0.15) is 17.9 Å². The first-order valence-electron chi connectivity index (χ1n) is 5.63. The van der Waals surface area contributed by atoms with Gasteiger partial charge in [0.15, 0.2) is 0 Å². The molecule has 0 atom stereocenters. The minimum atomic E-state index is 0.837. The van der Waals surface area contributed by atoms with Crippen LogP contribution in [0, 0.1) is 13.8 Å². The van der Waals surface area contributed by atoms with Crippen molar-refractivity contribution < 1.29 is 4.57 Å². The third-order valence-corrected chi connectivity index (χ3v) is 3.60. The summed E-state index contributed by atoms with van der Waals surface area (Å²) in [6, 6.07) is 8.40. The average molecular weight is 245 g/mol. The van der Waals surface area contributed by atoms with Crippen LogP contribution in [0.2, 0.25) is 0 Å². The van der Waals surface area contributed by atoms with Gasteiger partial charge in [-0.2, -0.15) is 0 Å². The molecular formula is C14H17N2S+. The summed E-state index contributed by atoms with van der Waals surface area (Å²) < 4.78 is 2.22. The summed E-state index contributed by atoms with van der Waals surface area (Å²) in [7, 11) is 0. The highest BCUT2D eigenvalue weighted by Crippen LogP contribution is 2.19. The van der Waals surface area contributed by atoms with Gasteiger partial charge in [-0.15, -0.1) is 0 Å². The van der Waals surface area contributed by atoms with Crippen LogP contribution in [0.3, 0.4) is 0 Å². The Hall–Kier alpha value is -1.61. The van der Waals surface area contributed by atoms with Crippen molar-refractivity contribution in [2.75, 3.05) is 5.32 Å². The van der Waals surface area contributed by atoms with Gasteiger partial charge in [0.25, 0.3) is 0 Å². The number of hydrogen-bond donors (Lipinski definition) is 1. The first-order chi connectivity index (χ1) is 8.20. The summed E-state index contributed by atoms with van der Waals surface area (Å²) in [6.07, 6.45) is 1.92. The molecule has 1 heterocycles. The van der Waals surface area contributed by atoms with Crippen LogP contribution in [0.25, 0.3) is 0 Å². The van der Waals surface area contributed by atoms with Crippen molar-refractivity contribution in [3.05, 3.63) is 53.6 Å². The quantitative estimate of drug-likeness (QED) is 0.643. The van der Waals surface area contributed by atoms with E-state index in [2.05, 4.69) is 60.0 Å². The molecule has 0 unspecified atom stereocenters. The van der Waals surface area contributed by atoms with E-state index in [0.29, 0.717) is 0 Å².